The molecule has 3 amide bonds. The molecule has 0 bridgehead atoms. The topological polar surface area (TPSA) is 69.7 Å². The van der Waals surface area contributed by atoms with E-state index in [4.69, 9.17) is 0 Å². The lowest BCUT2D eigenvalue weighted by Gasteiger charge is -2.28. The molecular formula is C23H25N3O3. The molecule has 2 aromatic rings. The normalized spacial score (nSPS) is 17.4. The molecule has 1 atom stereocenters. The quantitative estimate of drug-likeness (QED) is 0.737. The summed E-state index contributed by atoms with van der Waals surface area (Å²) in [5.41, 5.74) is 2.02. The van der Waals surface area contributed by atoms with E-state index in [1.165, 1.54) is 23.3 Å². The summed E-state index contributed by atoms with van der Waals surface area (Å²) in [6.07, 6.45) is 2.46. The Morgan fingerprint density at radius 1 is 0.897 bits per heavy atom. The van der Waals surface area contributed by atoms with Gasteiger partial charge in [0.05, 0.1) is 17.2 Å². The number of amides is 3. The van der Waals surface area contributed by atoms with Crippen LogP contribution < -0.4 is 5.32 Å². The number of hydrogen-bond acceptors (Lipinski definition) is 4. The first-order valence-corrected chi connectivity index (χ1v) is 10.2. The van der Waals surface area contributed by atoms with Crippen molar-refractivity contribution in [2.75, 3.05) is 26.2 Å². The summed E-state index contributed by atoms with van der Waals surface area (Å²) < 4.78 is 0. The third-order valence-corrected chi connectivity index (χ3v) is 5.70. The standard InChI is InChI=1S/C23H25N3O3/c27-21(12-15-26-22(28)18-10-4-5-11-19(18)23(26)29)24-16-20(25-13-6-7-14-25)17-8-2-1-3-9-17/h1-5,8-11,20H,6-7,12-16H2,(H,24,27)/t20-/m0/s1. The zero-order valence-corrected chi connectivity index (χ0v) is 16.3. The summed E-state index contributed by atoms with van der Waals surface area (Å²) in [6.45, 7) is 2.68. The molecule has 0 aliphatic carbocycles. The number of fused-ring (bicyclic) bond motifs is 1. The van der Waals surface area contributed by atoms with Gasteiger partial charge >= 0.3 is 0 Å². The summed E-state index contributed by atoms with van der Waals surface area (Å²) in [5.74, 6) is -0.794. The van der Waals surface area contributed by atoms with Crippen LogP contribution in [0.3, 0.4) is 0 Å². The minimum atomic E-state index is -0.322. The number of nitrogens with zero attached hydrogens (tertiary/aromatic N) is 2. The number of rotatable bonds is 7. The Hall–Kier alpha value is -2.99. The second kappa shape index (κ2) is 8.57. The summed E-state index contributed by atoms with van der Waals surface area (Å²) in [7, 11) is 0. The van der Waals surface area contributed by atoms with Gasteiger partial charge in [0.15, 0.2) is 0 Å². The van der Waals surface area contributed by atoms with Crippen molar-refractivity contribution in [3.63, 3.8) is 0 Å². The van der Waals surface area contributed by atoms with Gasteiger partial charge in [-0.3, -0.25) is 24.2 Å². The maximum Gasteiger partial charge on any atom is 0.261 e. The van der Waals surface area contributed by atoms with E-state index in [1.54, 1.807) is 24.3 Å². The fourth-order valence-electron chi connectivity index (χ4n) is 4.14. The van der Waals surface area contributed by atoms with Gasteiger partial charge in [-0.05, 0) is 43.6 Å². The van der Waals surface area contributed by atoms with Gasteiger partial charge in [0.2, 0.25) is 5.91 Å². The average Bonchev–Trinajstić information content (AvgIpc) is 3.36. The van der Waals surface area contributed by atoms with Crippen LogP contribution in [-0.2, 0) is 4.79 Å². The minimum Gasteiger partial charge on any atom is -0.354 e. The molecule has 0 radical (unpaired) electrons. The second-order valence-electron chi connectivity index (χ2n) is 7.53. The largest absolute Gasteiger partial charge is 0.354 e. The Morgan fingerprint density at radius 3 is 2.10 bits per heavy atom. The molecule has 150 valence electrons. The Kier molecular flexibility index (Phi) is 5.71. The van der Waals surface area contributed by atoms with Crippen molar-refractivity contribution in [2.45, 2.75) is 25.3 Å². The molecule has 2 heterocycles. The Labute approximate surface area is 170 Å². The van der Waals surface area contributed by atoms with Crippen molar-refractivity contribution in [1.29, 1.82) is 0 Å². The predicted molar refractivity (Wildman–Crippen MR) is 109 cm³/mol. The zero-order valence-electron chi connectivity index (χ0n) is 16.3. The third kappa shape index (κ3) is 4.07. The predicted octanol–water partition coefficient (Wildman–Crippen LogP) is 2.63. The van der Waals surface area contributed by atoms with Gasteiger partial charge in [0.1, 0.15) is 0 Å². The average molecular weight is 391 g/mol. The first-order chi connectivity index (χ1) is 14.1. The second-order valence-corrected chi connectivity index (χ2v) is 7.53. The van der Waals surface area contributed by atoms with Crippen LogP contribution in [0.4, 0.5) is 0 Å². The summed E-state index contributed by atoms with van der Waals surface area (Å²) >= 11 is 0. The molecule has 6 heteroatoms. The molecule has 4 rings (SSSR count). The van der Waals surface area contributed by atoms with Crippen LogP contribution in [0.25, 0.3) is 0 Å². The lowest BCUT2D eigenvalue weighted by molar-refractivity contribution is -0.121. The van der Waals surface area contributed by atoms with Crippen molar-refractivity contribution >= 4 is 17.7 Å². The van der Waals surface area contributed by atoms with E-state index in [2.05, 4.69) is 22.3 Å². The fourth-order valence-corrected chi connectivity index (χ4v) is 4.14. The Bertz CT molecular complexity index is 872. The maximum atomic E-state index is 12.5. The van der Waals surface area contributed by atoms with Crippen LogP contribution >= 0.6 is 0 Å². The number of likely N-dealkylation sites (tertiary alicyclic amines) is 1. The lowest BCUT2D eigenvalue weighted by Crippen LogP contribution is -2.39. The number of carbonyl (C=O) groups excluding carboxylic acids is 3. The number of hydrogen-bond donors (Lipinski definition) is 1. The minimum absolute atomic E-state index is 0.0951. The van der Waals surface area contributed by atoms with E-state index in [-0.39, 0.29) is 36.7 Å². The molecule has 1 fully saturated rings. The molecule has 2 aliphatic heterocycles. The molecule has 0 unspecified atom stereocenters. The first-order valence-electron chi connectivity index (χ1n) is 10.2. The van der Waals surface area contributed by atoms with E-state index >= 15 is 0 Å². The van der Waals surface area contributed by atoms with Gasteiger partial charge < -0.3 is 5.32 Å². The van der Waals surface area contributed by atoms with Crippen molar-refractivity contribution in [1.82, 2.24) is 15.1 Å². The van der Waals surface area contributed by atoms with Crippen LogP contribution in [0, 0.1) is 0 Å². The Balaban J connectivity index is 1.34. The van der Waals surface area contributed by atoms with E-state index in [0.29, 0.717) is 17.7 Å². The molecule has 1 saturated heterocycles. The molecule has 1 N–H and O–H groups in total. The number of benzene rings is 2. The molecule has 0 saturated carbocycles. The van der Waals surface area contributed by atoms with E-state index in [0.717, 1.165) is 13.1 Å². The third-order valence-electron chi connectivity index (χ3n) is 5.70. The molecule has 2 aliphatic rings. The van der Waals surface area contributed by atoms with Crippen LogP contribution in [0.5, 0.6) is 0 Å². The van der Waals surface area contributed by atoms with Crippen molar-refractivity contribution in [3.8, 4) is 0 Å². The van der Waals surface area contributed by atoms with Gasteiger partial charge in [-0.25, -0.2) is 0 Å². The summed E-state index contributed by atoms with van der Waals surface area (Å²) in [5, 5.41) is 3.00. The number of carbonyl (C=O) groups is 3. The highest BCUT2D eigenvalue weighted by atomic mass is 16.2. The van der Waals surface area contributed by atoms with Gasteiger partial charge in [0.25, 0.3) is 11.8 Å². The maximum absolute atomic E-state index is 12.5. The van der Waals surface area contributed by atoms with Crippen LogP contribution in [0.1, 0.15) is 51.6 Å². The zero-order chi connectivity index (χ0) is 20.2. The van der Waals surface area contributed by atoms with Crippen molar-refractivity contribution in [2.24, 2.45) is 0 Å². The van der Waals surface area contributed by atoms with Gasteiger partial charge in [-0.15, -0.1) is 0 Å². The monoisotopic (exact) mass is 391 g/mol. The lowest BCUT2D eigenvalue weighted by atomic mass is 10.1. The van der Waals surface area contributed by atoms with E-state index in [1.807, 2.05) is 18.2 Å². The highest BCUT2D eigenvalue weighted by Gasteiger charge is 2.35. The van der Waals surface area contributed by atoms with Crippen molar-refractivity contribution < 1.29 is 14.4 Å². The fraction of sp³-hybridized carbons (Fsp3) is 0.348. The Morgan fingerprint density at radius 2 is 1.48 bits per heavy atom. The first kappa shape index (κ1) is 19.3. The highest BCUT2D eigenvalue weighted by Crippen LogP contribution is 2.25. The van der Waals surface area contributed by atoms with Crippen molar-refractivity contribution in [3.05, 3.63) is 71.3 Å². The van der Waals surface area contributed by atoms with E-state index < -0.39 is 0 Å². The molecule has 6 nitrogen and oxygen atoms in total. The molecule has 0 aromatic heterocycles. The highest BCUT2D eigenvalue weighted by molar-refractivity contribution is 6.21. The molecular weight excluding hydrogens is 366 g/mol. The van der Waals surface area contributed by atoms with E-state index in [9.17, 15) is 14.4 Å². The smallest absolute Gasteiger partial charge is 0.261 e. The molecule has 29 heavy (non-hydrogen) atoms. The summed E-state index contributed by atoms with van der Waals surface area (Å²) in [4.78, 5) is 40.8. The van der Waals surface area contributed by atoms with Crippen LogP contribution in [0.2, 0.25) is 0 Å². The summed E-state index contributed by atoms with van der Waals surface area (Å²) in [6, 6.07) is 17.1. The number of nitrogens with one attached hydrogen (secondary N) is 1. The SMILES string of the molecule is O=C(CCN1C(=O)c2ccccc2C1=O)NC[C@@H](c1ccccc1)N1CCCC1. The number of imide groups is 1. The van der Waals surface area contributed by atoms with Crippen LogP contribution in [0.15, 0.2) is 54.6 Å². The molecule has 0 spiro atoms. The van der Waals surface area contributed by atoms with Gasteiger partial charge in [-0.1, -0.05) is 42.5 Å². The van der Waals surface area contributed by atoms with Gasteiger partial charge in [-0.2, -0.15) is 0 Å². The van der Waals surface area contributed by atoms with Crippen LogP contribution in [-0.4, -0.2) is 53.7 Å². The molecule has 2 aromatic carbocycles. The van der Waals surface area contributed by atoms with Gasteiger partial charge in [0, 0.05) is 19.5 Å².